The molecule has 2 fully saturated rings. The topological polar surface area (TPSA) is 55.8 Å². The third kappa shape index (κ3) is 3.74. The lowest BCUT2D eigenvalue weighted by atomic mass is 9.68. The van der Waals surface area contributed by atoms with Gasteiger partial charge in [0.25, 0.3) is 0 Å². The SMILES string of the molecule is CCC(C)C(=O)OC1C(F)(F)C(O)(C(F)(F)F)OC(C2CCCCC2)(C(F)(F)F)C1(F)F. The summed E-state index contributed by atoms with van der Waals surface area (Å²) in [6, 6.07) is 0. The van der Waals surface area contributed by atoms with Gasteiger partial charge in [0.15, 0.2) is 0 Å². The van der Waals surface area contributed by atoms with Crippen LogP contribution in [-0.2, 0) is 14.3 Å². The van der Waals surface area contributed by atoms with Crippen LogP contribution in [0, 0.1) is 11.8 Å². The molecule has 1 aliphatic carbocycles. The summed E-state index contributed by atoms with van der Waals surface area (Å²) in [5.74, 6) is -23.8. The molecule has 4 atom stereocenters. The van der Waals surface area contributed by atoms with E-state index in [-0.39, 0.29) is 25.7 Å². The van der Waals surface area contributed by atoms with Crippen LogP contribution in [0.5, 0.6) is 0 Å². The first-order chi connectivity index (χ1) is 14.3. The van der Waals surface area contributed by atoms with Crippen LogP contribution in [-0.4, -0.2) is 52.8 Å². The average Bonchev–Trinajstić information content (AvgIpc) is 2.66. The van der Waals surface area contributed by atoms with Crippen molar-refractivity contribution < 1.29 is 63.3 Å². The average molecular weight is 492 g/mol. The van der Waals surface area contributed by atoms with Gasteiger partial charge in [-0.25, -0.2) is 0 Å². The van der Waals surface area contributed by atoms with Crippen LogP contribution in [0.2, 0.25) is 0 Å². The maximum absolute atomic E-state index is 15.3. The Bertz CT molecular complexity index is 701. The molecule has 14 heteroatoms. The van der Waals surface area contributed by atoms with Gasteiger partial charge in [0.2, 0.25) is 11.7 Å². The van der Waals surface area contributed by atoms with Crippen LogP contribution in [0.4, 0.5) is 43.9 Å². The fourth-order valence-electron chi connectivity index (χ4n) is 4.11. The summed E-state index contributed by atoms with van der Waals surface area (Å²) < 4.78 is 150. The third-order valence-electron chi connectivity index (χ3n) is 6.15. The molecular weight excluding hydrogens is 470 g/mol. The lowest BCUT2D eigenvalue weighted by Gasteiger charge is -2.58. The lowest BCUT2D eigenvalue weighted by Crippen LogP contribution is -2.84. The molecule has 188 valence electrons. The quantitative estimate of drug-likeness (QED) is 0.423. The van der Waals surface area contributed by atoms with Crippen LogP contribution < -0.4 is 0 Å². The molecule has 0 aromatic heterocycles. The van der Waals surface area contributed by atoms with E-state index in [4.69, 9.17) is 0 Å². The Hall–Kier alpha value is -1.31. The molecule has 1 saturated carbocycles. The minimum absolute atomic E-state index is 0.125. The van der Waals surface area contributed by atoms with Gasteiger partial charge in [-0.2, -0.15) is 43.9 Å². The van der Waals surface area contributed by atoms with Gasteiger partial charge in [0.05, 0.1) is 5.92 Å². The molecule has 0 aromatic rings. The second-order valence-corrected chi connectivity index (χ2v) is 8.18. The lowest BCUT2D eigenvalue weighted by molar-refractivity contribution is -0.547. The molecule has 0 radical (unpaired) electrons. The van der Waals surface area contributed by atoms with E-state index in [1.165, 1.54) is 6.92 Å². The fourth-order valence-corrected chi connectivity index (χ4v) is 4.11. The zero-order valence-electron chi connectivity index (χ0n) is 16.9. The number of ether oxygens (including phenoxy) is 2. The van der Waals surface area contributed by atoms with Crippen LogP contribution in [0.3, 0.4) is 0 Å². The van der Waals surface area contributed by atoms with E-state index < -0.39 is 72.3 Å². The monoisotopic (exact) mass is 492 g/mol. The molecule has 4 nitrogen and oxygen atoms in total. The summed E-state index contributed by atoms with van der Waals surface area (Å²) in [6.45, 7) is 2.27. The second-order valence-electron chi connectivity index (χ2n) is 8.18. The van der Waals surface area contributed by atoms with E-state index in [1.807, 2.05) is 0 Å². The van der Waals surface area contributed by atoms with Crippen molar-refractivity contribution in [1.82, 2.24) is 0 Å². The van der Waals surface area contributed by atoms with Gasteiger partial charge in [0.1, 0.15) is 0 Å². The third-order valence-corrected chi connectivity index (χ3v) is 6.15. The Labute approximate surface area is 176 Å². The summed E-state index contributed by atoms with van der Waals surface area (Å²) in [4.78, 5) is 11.9. The second kappa shape index (κ2) is 8.17. The van der Waals surface area contributed by atoms with Crippen molar-refractivity contribution in [1.29, 1.82) is 0 Å². The van der Waals surface area contributed by atoms with Gasteiger partial charge >= 0.3 is 36.0 Å². The predicted octanol–water partition coefficient (Wildman–Crippen LogP) is 5.38. The Morgan fingerprint density at radius 3 is 1.91 bits per heavy atom. The van der Waals surface area contributed by atoms with E-state index in [9.17, 15) is 45.0 Å². The van der Waals surface area contributed by atoms with Gasteiger partial charge in [0, 0.05) is 5.92 Å². The predicted molar refractivity (Wildman–Crippen MR) is 86.7 cm³/mol. The number of rotatable bonds is 4. The number of hydrogen-bond acceptors (Lipinski definition) is 4. The molecule has 4 unspecified atom stereocenters. The van der Waals surface area contributed by atoms with Gasteiger partial charge in [-0.05, 0) is 19.3 Å². The van der Waals surface area contributed by atoms with Crippen molar-refractivity contribution in [2.24, 2.45) is 11.8 Å². The number of carbonyl (C=O) groups excluding carboxylic acids is 1. The number of alkyl halides is 10. The van der Waals surface area contributed by atoms with Gasteiger partial charge in [-0.3, -0.25) is 4.79 Å². The van der Waals surface area contributed by atoms with E-state index >= 15 is 8.78 Å². The molecule has 32 heavy (non-hydrogen) atoms. The summed E-state index contributed by atoms with van der Waals surface area (Å²) in [5, 5.41) is 9.75. The molecule has 2 aliphatic rings. The van der Waals surface area contributed by atoms with Crippen molar-refractivity contribution >= 4 is 5.97 Å². The summed E-state index contributed by atoms with van der Waals surface area (Å²) >= 11 is 0. The highest BCUT2D eigenvalue weighted by Gasteiger charge is 2.92. The first kappa shape index (κ1) is 26.9. The van der Waals surface area contributed by atoms with Gasteiger partial charge < -0.3 is 14.6 Å². The maximum atomic E-state index is 15.3. The number of hydrogen-bond donors (Lipinski definition) is 1. The number of halogens is 10. The smallest absolute Gasteiger partial charge is 0.449 e. The highest BCUT2D eigenvalue weighted by Crippen LogP contribution is 2.65. The zero-order valence-corrected chi connectivity index (χ0v) is 16.9. The van der Waals surface area contributed by atoms with Crippen molar-refractivity contribution in [3.8, 4) is 0 Å². The fraction of sp³-hybridized carbons (Fsp3) is 0.944. The van der Waals surface area contributed by atoms with Crippen molar-refractivity contribution in [3.05, 3.63) is 0 Å². The molecule has 0 aromatic carbocycles. The van der Waals surface area contributed by atoms with Crippen molar-refractivity contribution in [3.63, 3.8) is 0 Å². The maximum Gasteiger partial charge on any atom is 0.449 e. The van der Waals surface area contributed by atoms with Gasteiger partial charge in [-0.15, -0.1) is 0 Å². The molecule has 0 amide bonds. The van der Waals surface area contributed by atoms with Crippen LogP contribution in [0.1, 0.15) is 52.4 Å². The number of carbonyl (C=O) groups is 1. The molecule has 1 heterocycles. The van der Waals surface area contributed by atoms with Crippen LogP contribution in [0.25, 0.3) is 0 Å². The summed E-state index contributed by atoms with van der Waals surface area (Å²) in [5.41, 5.74) is -5.19. The van der Waals surface area contributed by atoms with E-state index in [1.54, 1.807) is 0 Å². The van der Waals surface area contributed by atoms with Crippen LogP contribution >= 0.6 is 0 Å². The standard InChI is InChI=1S/C18H22F10O4/c1-3-9(2)11(29)31-12-14(19,20)13(17(23,24)25,10-7-5-4-6-8-10)32-16(30,15(12,21)22)18(26,27)28/h9-10,12,30H,3-8H2,1-2H3. The van der Waals surface area contributed by atoms with Crippen molar-refractivity contribution in [2.75, 3.05) is 0 Å². The van der Waals surface area contributed by atoms with Crippen LogP contribution in [0.15, 0.2) is 0 Å². The van der Waals surface area contributed by atoms with E-state index in [0.717, 1.165) is 6.92 Å². The molecule has 1 saturated heterocycles. The molecule has 1 aliphatic heterocycles. The minimum atomic E-state index is -6.65. The Kier molecular flexibility index (Phi) is 6.88. The summed E-state index contributed by atoms with van der Waals surface area (Å²) in [6.07, 6.45) is -19.3. The molecule has 0 spiro atoms. The highest BCUT2D eigenvalue weighted by atomic mass is 19.4. The number of aliphatic hydroxyl groups is 1. The normalized spacial score (nSPS) is 34.7. The van der Waals surface area contributed by atoms with Crippen molar-refractivity contribution in [2.45, 2.75) is 94.1 Å². The molecule has 0 bridgehead atoms. The van der Waals surface area contributed by atoms with E-state index in [0.29, 0.717) is 0 Å². The first-order valence-electron chi connectivity index (χ1n) is 9.83. The number of esters is 1. The molecule has 2 rings (SSSR count). The van der Waals surface area contributed by atoms with Gasteiger partial charge in [-0.1, -0.05) is 33.1 Å². The molecule has 1 N–H and O–H groups in total. The minimum Gasteiger partial charge on any atom is -0.449 e. The largest absolute Gasteiger partial charge is 0.449 e. The zero-order chi connectivity index (χ0) is 25.0. The Morgan fingerprint density at radius 2 is 1.50 bits per heavy atom. The molecular formula is C18H22F10O4. The Morgan fingerprint density at radius 1 is 1.00 bits per heavy atom. The Balaban J connectivity index is 2.83. The summed E-state index contributed by atoms with van der Waals surface area (Å²) in [7, 11) is 0. The highest BCUT2D eigenvalue weighted by molar-refractivity contribution is 5.72. The van der Waals surface area contributed by atoms with E-state index in [2.05, 4.69) is 9.47 Å². The first-order valence-corrected chi connectivity index (χ1v) is 9.83.